The fourth-order valence-electron chi connectivity index (χ4n) is 6.43. The molecule has 0 aromatic heterocycles. The maximum Gasteiger partial charge on any atom is -0.0323 e. The average molecular weight is 465 g/mol. The number of hydrogen-bond acceptors (Lipinski definition) is 0. The minimum atomic E-state index is 0.464. The van der Waals surface area contributed by atoms with Gasteiger partial charge in [-0.2, -0.15) is 0 Å². The van der Waals surface area contributed by atoms with Crippen LogP contribution in [-0.2, 0) is 0 Å². The van der Waals surface area contributed by atoms with Crippen LogP contribution in [-0.4, -0.2) is 0 Å². The summed E-state index contributed by atoms with van der Waals surface area (Å²) in [7, 11) is 0. The Bertz CT molecular complexity index is 433. The lowest BCUT2D eigenvalue weighted by atomic mass is 9.66. The smallest absolute Gasteiger partial charge is 0.0323 e. The Morgan fingerprint density at radius 1 is 0.576 bits per heavy atom. The minimum Gasteiger partial charge on any atom is -0.0654 e. The molecule has 200 valence electrons. The molecule has 0 saturated heterocycles. The zero-order valence-corrected chi connectivity index (χ0v) is 25.4. The highest BCUT2D eigenvalue weighted by atomic mass is 14.4. The van der Waals surface area contributed by atoms with Crippen molar-refractivity contribution in [3.63, 3.8) is 0 Å². The van der Waals surface area contributed by atoms with Gasteiger partial charge in [0, 0.05) is 0 Å². The molecule has 0 amide bonds. The summed E-state index contributed by atoms with van der Waals surface area (Å²) >= 11 is 0. The summed E-state index contributed by atoms with van der Waals surface area (Å²) in [6.07, 6.45) is 19.8. The first-order valence-electron chi connectivity index (χ1n) is 15.5. The number of rotatable bonds is 21. The normalized spacial score (nSPS) is 18.2. The lowest BCUT2D eigenvalue weighted by Crippen LogP contribution is -2.29. The van der Waals surface area contributed by atoms with E-state index in [0.29, 0.717) is 5.41 Å². The van der Waals surface area contributed by atoms with Crippen LogP contribution in [0.4, 0.5) is 0 Å². The van der Waals surface area contributed by atoms with Gasteiger partial charge in [-0.05, 0) is 72.5 Å². The molecule has 0 rings (SSSR count). The average Bonchev–Trinajstić information content (AvgIpc) is 2.76. The maximum atomic E-state index is 2.60. The SMILES string of the molecule is CCCCC(CC)CC(CCCC)C(C)CCCC(CC(C)C)C(C)(C)CC(C)C(C)CC. The van der Waals surface area contributed by atoms with Crippen LogP contribution in [0, 0.1) is 46.8 Å². The van der Waals surface area contributed by atoms with Crippen LogP contribution in [0.5, 0.6) is 0 Å². The molecular formula is C33H68. The first kappa shape index (κ1) is 33.0. The van der Waals surface area contributed by atoms with Gasteiger partial charge >= 0.3 is 0 Å². The van der Waals surface area contributed by atoms with E-state index in [1.54, 1.807) is 0 Å². The van der Waals surface area contributed by atoms with Gasteiger partial charge < -0.3 is 0 Å². The van der Waals surface area contributed by atoms with E-state index < -0.39 is 0 Å². The molecule has 0 aromatic rings. The predicted octanol–water partition coefficient (Wildman–Crippen LogP) is 12.0. The van der Waals surface area contributed by atoms with Crippen molar-refractivity contribution >= 4 is 0 Å². The second-order valence-electron chi connectivity index (χ2n) is 13.3. The number of unbranched alkanes of at least 4 members (excludes halogenated alkanes) is 2. The van der Waals surface area contributed by atoms with Crippen molar-refractivity contribution in [2.24, 2.45) is 46.8 Å². The monoisotopic (exact) mass is 465 g/mol. The molecular weight excluding hydrogens is 396 g/mol. The van der Waals surface area contributed by atoms with Gasteiger partial charge in [0.25, 0.3) is 0 Å². The van der Waals surface area contributed by atoms with E-state index in [4.69, 9.17) is 0 Å². The van der Waals surface area contributed by atoms with E-state index in [2.05, 4.69) is 76.2 Å². The fraction of sp³-hybridized carbons (Fsp3) is 1.00. The molecule has 0 aromatic carbocycles. The largest absolute Gasteiger partial charge is 0.0654 e. The molecule has 0 aliphatic carbocycles. The van der Waals surface area contributed by atoms with Gasteiger partial charge in [0.05, 0.1) is 0 Å². The van der Waals surface area contributed by atoms with Crippen molar-refractivity contribution < 1.29 is 0 Å². The van der Waals surface area contributed by atoms with Gasteiger partial charge in [-0.3, -0.25) is 0 Å². The van der Waals surface area contributed by atoms with Crippen LogP contribution in [0.25, 0.3) is 0 Å². The lowest BCUT2D eigenvalue weighted by molar-refractivity contribution is 0.112. The molecule has 0 radical (unpaired) electrons. The standard InChI is InChI=1S/C33H68/c1-12-16-20-30(15-4)24-31(21-17-13-2)28(8)19-18-22-32(23-26(5)6)33(10,11)25-29(9)27(7)14-3/h26-32H,12-25H2,1-11H3. The third-order valence-electron chi connectivity index (χ3n) is 9.45. The molecule has 33 heavy (non-hydrogen) atoms. The molecule has 0 N–H and O–H groups in total. The van der Waals surface area contributed by atoms with Crippen molar-refractivity contribution in [2.75, 3.05) is 0 Å². The van der Waals surface area contributed by atoms with Crippen molar-refractivity contribution in [3.8, 4) is 0 Å². The summed E-state index contributed by atoms with van der Waals surface area (Å²) in [5, 5.41) is 0. The zero-order chi connectivity index (χ0) is 25.4. The van der Waals surface area contributed by atoms with E-state index in [9.17, 15) is 0 Å². The van der Waals surface area contributed by atoms with Gasteiger partial charge in [-0.15, -0.1) is 0 Å². The molecule has 0 bridgehead atoms. The van der Waals surface area contributed by atoms with Gasteiger partial charge in [-0.1, -0.05) is 140 Å². The Balaban J connectivity index is 5.04. The Hall–Kier alpha value is 0. The highest BCUT2D eigenvalue weighted by Gasteiger charge is 2.32. The number of hydrogen-bond donors (Lipinski definition) is 0. The highest BCUT2D eigenvalue weighted by molar-refractivity contribution is 4.83. The zero-order valence-electron chi connectivity index (χ0n) is 25.4. The van der Waals surface area contributed by atoms with Crippen LogP contribution in [0.3, 0.4) is 0 Å². The van der Waals surface area contributed by atoms with Crippen molar-refractivity contribution in [3.05, 3.63) is 0 Å². The predicted molar refractivity (Wildman–Crippen MR) is 154 cm³/mol. The van der Waals surface area contributed by atoms with Crippen LogP contribution in [0.1, 0.15) is 166 Å². The van der Waals surface area contributed by atoms with Crippen LogP contribution in [0.2, 0.25) is 0 Å². The van der Waals surface area contributed by atoms with Crippen LogP contribution < -0.4 is 0 Å². The maximum absolute atomic E-state index is 2.60. The summed E-state index contributed by atoms with van der Waals surface area (Å²) in [4.78, 5) is 0. The van der Waals surface area contributed by atoms with E-state index in [0.717, 1.165) is 41.4 Å². The Morgan fingerprint density at radius 3 is 1.70 bits per heavy atom. The molecule has 0 heteroatoms. The van der Waals surface area contributed by atoms with Crippen LogP contribution >= 0.6 is 0 Å². The second kappa shape index (κ2) is 18.3. The van der Waals surface area contributed by atoms with E-state index in [-0.39, 0.29) is 0 Å². The fourth-order valence-corrected chi connectivity index (χ4v) is 6.43. The first-order chi connectivity index (χ1) is 15.5. The molecule has 0 saturated carbocycles. The summed E-state index contributed by atoms with van der Waals surface area (Å²) in [5.74, 6) is 6.19. The van der Waals surface area contributed by atoms with Crippen molar-refractivity contribution in [2.45, 2.75) is 166 Å². The van der Waals surface area contributed by atoms with Gasteiger partial charge in [0.15, 0.2) is 0 Å². The quantitative estimate of drug-likeness (QED) is 0.158. The Labute approximate surface area is 212 Å². The lowest BCUT2D eigenvalue weighted by Gasteiger charge is -2.39. The van der Waals surface area contributed by atoms with E-state index in [1.807, 2.05) is 0 Å². The van der Waals surface area contributed by atoms with Crippen molar-refractivity contribution in [1.82, 2.24) is 0 Å². The van der Waals surface area contributed by atoms with Gasteiger partial charge in [0.2, 0.25) is 0 Å². The molecule has 0 spiro atoms. The van der Waals surface area contributed by atoms with E-state index in [1.165, 1.54) is 89.9 Å². The van der Waals surface area contributed by atoms with Gasteiger partial charge in [-0.25, -0.2) is 0 Å². The van der Waals surface area contributed by atoms with E-state index >= 15 is 0 Å². The highest BCUT2D eigenvalue weighted by Crippen LogP contribution is 2.43. The third kappa shape index (κ3) is 14.2. The topological polar surface area (TPSA) is 0 Å². The molecule has 6 atom stereocenters. The van der Waals surface area contributed by atoms with Crippen LogP contribution in [0.15, 0.2) is 0 Å². The molecule has 0 fully saturated rings. The molecule has 6 unspecified atom stereocenters. The molecule has 0 aliphatic heterocycles. The second-order valence-corrected chi connectivity index (χ2v) is 13.3. The summed E-state index contributed by atoms with van der Waals surface area (Å²) in [5.41, 5.74) is 0.464. The molecule has 0 nitrogen and oxygen atoms in total. The summed E-state index contributed by atoms with van der Waals surface area (Å²) in [6.45, 7) is 27.1. The first-order valence-corrected chi connectivity index (χ1v) is 15.5. The Morgan fingerprint density at radius 2 is 1.18 bits per heavy atom. The molecule has 0 aliphatic rings. The molecule has 0 heterocycles. The third-order valence-corrected chi connectivity index (χ3v) is 9.45. The van der Waals surface area contributed by atoms with Gasteiger partial charge in [0.1, 0.15) is 0 Å². The summed E-state index contributed by atoms with van der Waals surface area (Å²) in [6, 6.07) is 0. The van der Waals surface area contributed by atoms with Crippen molar-refractivity contribution in [1.29, 1.82) is 0 Å². The summed E-state index contributed by atoms with van der Waals surface area (Å²) < 4.78 is 0. The minimum absolute atomic E-state index is 0.464. The Kier molecular flexibility index (Phi) is 18.3.